The van der Waals surface area contributed by atoms with E-state index in [1.54, 1.807) is 37.7 Å². The van der Waals surface area contributed by atoms with Gasteiger partial charge in [-0.1, -0.05) is 0 Å². The zero-order valence-corrected chi connectivity index (χ0v) is 19.0. The number of halogens is 2. The molecule has 2 heterocycles. The molecule has 1 fully saturated rings. The number of nitrogens with two attached hydrogens (primary N) is 1. The molecule has 8 nitrogen and oxygen atoms in total. The number of nitrogens with one attached hydrogen (secondary N) is 2. The van der Waals surface area contributed by atoms with Crippen molar-refractivity contribution in [3.63, 3.8) is 0 Å². The zero-order valence-electron chi connectivity index (χ0n) is 19.0. The molecule has 1 saturated carbocycles. The number of aromatic nitrogens is 3. The number of ether oxygens (including phenoxy) is 1. The van der Waals surface area contributed by atoms with Gasteiger partial charge in [0.05, 0.1) is 24.1 Å². The van der Waals surface area contributed by atoms with Crippen molar-refractivity contribution >= 4 is 11.7 Å². The number of fused-ring (bicyclic) bond motifs is 1. The molecule has 0 spiro atoms. The maximum atomic E-state index is 13.7. The van der Waals surface area contributed by atoms with Gasteiger partial charge in [0.15, 0.2) is 5.65 Å². The van der Waals surface area contributed by atoms with E-state index in [4.69, 9.17) is 10.5 Å². The first-order valence-corrected chi connectivity index (χ1v) is 11.2. The molecular weight excluding hydrogens is 418 g/mol. The van der Waals surface area contributed by atoms with E-state index in [1.807, 2.05) is 6.07 Å². The lowest BCUT2D eigenvalue weighted by atomic mass is 9.81. The van der Waals surface area contributed by atoms with E-state index in [2.05, 4.69) is 20.7 Å². The van der Waals surface area contributed by atoms with Crippen molar-refractivity contribution in [3.8, 4) is 0 Å². The summed E-state index contributed by atoms with van der Waals surface area (Å²) in [4.78, 5) is 17.2. The van der Waals surface area contributed by atoms with Crippen molar-refractivity contribution in [2.45, 2.75) is 77.0 Å². The van der Waals surface area contributed by atoms with Gasteiger partial charge in [-0.2, -0.15) is 5.10 Å². The van der Waals surface area contributed by atoms with Gasteiger partial charge in [0.25, 0.3) is 0 Å². The molecule has 0 saturated heterocycles. The molecule has 10 heteroatoms. The number of imidazole rings is 1. The molecule has 32 heavy (non-hydrogen) atoms. The Balaban J connectivity index is 1.80. The number of alkyl carbamates (subject to hydrolysis) is 1. The second-order valence-electron chi connectivity index (χ2n) is 9.47. The molecule has 0 bridgehead atoms. The van der Waals surface area contributed by atoms with Gasteiger partial charge in [0.1, 0.15) is 5.60 Å². The highest BCUT2D eigenvalue weighted by Crippen LogP contribution is 2.41. The normalized spacial score (nSPS) is 17.9. The van der Waals surface area contributed by atoms with Crippen molar-refractivity contribution < 1.29 is 18.3 Å². The molecule has 0 aliphatic heterocycles. The van der Waals surface area contributed by atoms with Crippen LogP contribution in [-0.4, -0.2) is 45.3 Å². The number of carbonyl (C=O) groups excluding carboxylic acids is 1. The Labute approximate surface area is 187 Å². The van der Waals surface area contributed by atoms with E-state index in [0.717, 1.165) is 18.5 Å². The molecule has 1 aliphatic rings. The summed E-state index contributed by atoms with van der Waals surface area (Å²) in [6.45, 7) is 7.42. The van der Waals surface area contributed by atoms with E-state index in [9.17, 15) is 13.6 Å². The molecule has 2 aromatic rings. The number of nitrogens with zero attached hydrogens (tertiary/aromatic N) is 3. The van der Waals surface area contributed by atoms with Crippen LogP contribution in [0.1, 0.15) is 70.2 Å². The summed E-state index contributed by atoms with van der Waals surface area (Å²) < 4.78 is 34.5. The third kappa shape index (κ3) is 6.83. The first-order chi connectivity index (χ1) is 15.1. The summed E-state index contributed by atoms with van der Waals surface area (Å²) in [6.07, 6.45) is 4.00. The monoisotopic (exact) mass is 452 g/mol. The van der Waals surface area contributed by atoms with Crippen LogP contribution >= 0.6 is 0 Å². The van der Waals surface area contributed by atoms with Gasteiger partial charge in [-0.15, -0.1) is 0 Å². The van der Waals surface area contributed by atoms with Gasteiger partial charge < -0.3 is 21.1 Å². The quantitative estimate of drug-likeness (QED) is 0.529. The number of carbonyl (C=O) groups is 1. The second kappa shape index (κ2) is 10.1. The van der Waals surface area contributed by atoms with Gasteiger partial charge in [-0.3, -0.25) is 0 Å². The minimum absolute atomic E-state index is 0.163. The second-order valence-corrected chi connectivity index (χ2v) is 9.47. The van der Waals surface area contributed by atoms with Gasteiger partial charge in [0, 0.05) is 19.4 Å². The highest BCUT2D eigenvalue weighted by molar-refractivity contribution is 5.68. The maximum Gasteiger partial charge on any atom is 0.408 e. The highest BCUT2D eigenvalue weighted by Gasteiger charge is 2.39. The minimum atomic E-state index is -2.65. The summed E-state index contributed by atoms with van der Waals surface area (Å²) in [6, 6.07) is 1.39. The number of amides is 1. The lowest BCUT2D eigenvalue weighted by Gasteiger charge is -2.33. The van der Waals surface area contributed by atoms with Crippen molar-refractivity contribution in [2.75, 3.05) is 13.1 Å². The van der Waals surface area contributed by atoms with Crippen LogP contribution in [0.2, 0.25) is 0 Å². The molecule has 1 aliphatic carbocycles. The predicted octanol–water partition coefficient (Wildman–Crippen LogP) is 3.56. The van der Waals surface area contributed by atoms with Crippen molar-refractivity contribution in [3.05, 3.63) is 29.7 Å². The third-order valence-electron chi connectivity index (χ3n) is 5.51. The Bertz CT molecular complexity index is 901. The van der Waals surface area contributed by atoms with E-state index >= 15 is 0 Å². The van der Waals surface area contributed by atoms with Gasteiger partial charge in [-0.25, -0.2) is 23.1 Å². The number of alkyl halides is 2. The number of hydrogen-bond donors (Lipinski definition) is 3. The topological polar surface area (TPSA) is 107 Å². The van der Waals surface area contributed by atoms with Gasteiger partial charge >= 0.3 is 6.09 Å². The van der Waals surface area contributed by atoms with Crippen LogP contribution in [0.5, 0.6) is 0 Å². The van der Waals surface area contributed by atoms with E-state index < -0.39 is 23.7 Å². The Morgan fingerprint density at radius 1 is 1.38 bits per heavy atom. The molecule has 0 radical (unpaired) electrons. The smallest absolute Gasteiger partial charge is 0.408 e. The fraction of sp³-hybridized carbons (Fsp3) is 0.682. The maximum absolute atomic E-state index is 13.7. The number of rotatable bonds is 8. The molecule has 0 unspecified atom stereocenters. The van der Waals surface area contributed by atoms with Crippen LogP contribution in [0.25, 0.3) is 5.65 Å². The third-order valence-corrected chi connectivity index (χ3v) is 5.51. The summed E-state index contributed by atoms with van der Waals surface area (Å²) >= 11 is 0. The summed E-state index contributed by atoms with van der Waals surface area (Å²) in [5, 5.41) is 10.6. The van der Waals surface area contributed by atoms with Crippen LogP contribution in [0, 0.1) is 5.92 Å². The largest absolute Gasteiger partial charge is 0.444 e. The fourth-order valence-electron chi connectivity index (χ4n) is 3.90. The minimum Gasteiger partial charge on any atom is -0.444 e. The molecule has 2 aromatic heterocycles. The first kappa shape index (κ1) is 24.3. The van der Waals surface area contributed by atoms with Crippen LogP contribution in [0.3, 0.4) is 0 Å². The van der Waals surface area contributed by atoms with Crippen molar-refractivity contribution in [1.29, 1.82) is 0 Å². The molecular formula is C22H34F2N6O2. The van der Waals surface area contributed by atoms with Crippen LogP contribution in [0.4, 0.5) is 13.6 Å². The van der Waals surface area contributed by atoms with Crippen LogP contribution < -0.4 is 16.4 Å². The Hall–Kier alpha value is -2.33. The summed E-state index contributed by atoms with van der Waals surface area (Å²) in [5.41, 5.74) is 7.04. The summed E-state index contributed by atoms with van der Waals surface area (Å²) in [5.74, 6) is -2.82. The highest BCUT2D eigenvalue weighted by atomic mass is 19.3. The standard InChI is InChI=1S/C22H34F2N6O2/c1-21(2,3)32-20(31)29-19(16-5-7-22(23,24)8-6-16)17-14-30-18(28-17)11-15(13-27-30)12-26-10-4-9-25/h11,13-14,16,19,26H,4-10,12,25H2,1-3H3,(H,29,31)/t19-/m0/s1. The fourth-order valence-corrected chi connectivity index (χ4v) is 3.90. The number of hydrogen-bond acceptors (Lipinski definition) is 6. The summed E-state index contributed by atoms with van der Waals surface area (Å²) in [7, 11) is 0. The van der Waals surface area contributed by atoms with Crippen LogP contribution in [-0.2, 0) is 11.3 Å². The Morgan fingerprint density at radius 3 is 2.75 bits per heavy atom. The molecule has 0 aromatic carbocycles. The molecule has 1 atom stereocenters. The van der Waals surface area contributed by atoms with Crippen molar-refractivity contribution in [1.82, 2.24) is 25.2 Å². The predicted molar refractivity (Wildman–Crippen MR) is 117 cm³/mol. The zero-order chi connectivity index (χ0) is 23.4. The lowest BCUT2D eigenvalue weighted by Crippen LogP contribution is -2.40. The Kier molecular flexibility index (Phi) is 7.66. The molecule has 178 valence electrons. The van der Waals surface area contributed by atoms with Gasteiger partial charge in [0.2, 0.25) is 5.92 Å². The molecule has 4 N–H and O–H groups in total. The first-order valence-electron chi connectivity index (χ1n) is 11.2. The molecule has 3 rings (SSSR count). The van der Waals surface area contributed by atoms with Gasteiger partial charge in [-0.05, 0) is 70.7 Å². The average Bonchev–Trinajstić information content (AvgIpc) is 3.11. The molecule has 1 amide bonds. The van der Waals surface area contributed by atoms with E-state index in [1.165, 1.54) is 0 Å². The Morgan fingerprint density at radius 2 is 2.09 bits per heavy atom. The van der Waals surface area contributed by atoms with E-state index in [-0.39, 0.29) is 18.8 Å². The lowest BCUT2D eigenvalue weighted by molar-refractivity contribution is -0.0500. The van der Waals surface area contributed by atoms with Crippen LogP contribution in [0.15, 0.2) is 18.5 Å². The average molecular weight is 453 g/mol. The van der Waals surface area contributed by atoms with Crippen molar-refractivity contribution in [2.24, 2.45) is 11.7 Å². The van der Waals surface area contributed by atoms with E-state index in [0.29, 0.717) is 37.3 Å². The SMILES string of the molecule is CC(C)(C)OC(=O)N[C@H](c1cn2ncc(CNCCCN)cc2n1)C1CCC(F)(F)CC1.